The van der Waals surface area contributed by atoms with Gasteiger partial charge in [-0.05, 0) is 60.9 Å². The molecule has 0 spiro atoms. The molecule has 1 aliphatic heterocycles. The Morgan fingerprint density at radius 1 is 0.838 bits per heavy atom. The van der Waals surface area contributed by atoms with Crippen LogP contribution in [-0.4, -0.2) is 11.8 Å². The average Bonchev–Trinajstić information content (AvgIpc) is 2.91. The molecule has 2 amide bonds. The Labute approximate surface area is 217 Å². The van der Waals surface area contributed by atoms with Gasteiger partial charge in [0.1, 0.15) is 0 Å². The minimum Gasteiger partial charge on any atom is -0.449 e. The molecular weight excluding hydrogens is 460 g/mol. The molecule has 184 valence electrons. The molecule has 0 aliphatic carbocycles. The van der Waals surface area contributed by atoms with Crippen molar-refractivity contribution in [2.45, 2.75) is 26.9 Å². The molecule has 5 rings (SSSR count). The zero-order valence-corrected chi connectivity index (χ0v) is 20.9. The third kappa shape index (κ3) is 5.62. The largest absolute Gasteiger partial charge is 0.449 e. The molecule has 37 heavy (non-hydrogen) atoms. The number of benzene rings is 4. The summed E-state index contributed by atoms with van der Waals surface area (Å²) in [5.41, 5.74) is 6.48. The Bertz CT molecular complexity index is 1470. The van der Waals surface area contributed by atoms with Crippen LogP contribution in [0, 0.1) is 13.8 Å². The van der Waals surface area contributed by atoms with Crippen LogP contribution >= 0.6 is 0 Å². The second kappa shape index (κ2) is 10.5. The maximum atomic E-state index is 13.5. The number of nitrogens with zero attached hydrogens (tertiary/aromatic N) is 1. The Balaban J connectivity index is 1.33. The van der Waals surface area contributed by atoms with E-state index in [1.807, 2.05) is 92.7 Å². The summed E-state index contributed by atoms with van der Waals surface area (Å²) in [6.07, 6.45) is 1.72. The van der Waals surface area contributed by atoms with Crippen molar-refractivity contribution in [1.29, 1.82) is 0 Å². The molecule has 1 N–H and O–H groups in total. The van der Waals surface area contributed by atoms with Crippen LogP contribution < -0.4 is 15.0 Å². The van der Waals surface area contributed by atoms with Crippen LogP contribution in [0.15, 0.2) is 103 Å². The predicted octanol–water partition coefficient (Wildman–Crippen LogP) is 6.20. The van der Waals surface area contributed by atoms with Crippen molar-refractivity contribution >= 4 is 23.6 Å². The number of carbonyl (C=O) groups is 2. The zero-order valence-electron chi connectivity index (χ0n) is 20.9. The quantitative estimate of drug-likeness (QED) is 0.329. The molecule has 0 atom stereocenters. The van der Waals surface area contributed by atoms with Crippen LogP contribution in [0.3, 0.4) is 0 Å². The fourth-order valence-corrected chi connectivity index (χ4v) is 4.28. The highest BCUT2D eigenvalue weighted by atomic mass is 16.5. The van der Waals surface area contributed by atoms with E-state index in [1.165, 1.54) is 5.56 Å². The summed E-state index contributed by atoms with van der Waals surface area (Å²) in [4.78, 5) is 27.8. The fourth-order valence-electron chi connectivity index (χ4n) is 4.28. The third-order valence-electron chi connectivity index (χ3n) is 6.30. The standard InChI is InChI=1S/C32H28N2O3/c1-22-10-12-25(13-11-22)20-33-31(35)27-16-14-24(15-17-27)19-30-32(36)34(21-26-7-5-6-23(2)18-26)28-8-3-4-9-29(28)37-30/h3-19H,20-21H2,1-2H3,(H,33,35). The third-order valence-corrected chi connectivity index (χ3v) is 6.30. The van der Waals surface area contributed by atoms with E-state index < -0.39 is 0 Å². The highest BCUT2D eigenvalue weighted by Gasteiger charge is 2.30. The molecule has 0 saturated heterocycles. The Kier molecular flexibility index (Phi) is 6.86. The van der Waals surface area contributed by atoms with E-state index in [0.29, 0.717) is 24.4 Å². The second-order valence-electron chi connectivity index (χ2n) is 9.25. The lowest BCUT2D eigenvalue weighted by atomic mass is 10.1. The van der Waals surface area contributed by atoms with Crippen LogP contribution in [0.25, 0.3) is 6.08 Å². The van der Waals surface area contributed by atoms with Gasteiger partial charge in [0, 0.05) is 12.1 Å². The summed E-state index contributed by atoms with van der Waals surface area (Å²) in [5, 5.41) is 2.95. The number of nitrogens with one attached hydrogen (secondary N) is 1. The van der Waals surface area contributed by atoms with Crippen molar-refractivity contribution in [3.63, 3.8) is 0 Å². The van der Waals surface area contributed by atoms with Gasteiger partial charge in [-0.1, -0.05) is 83.9 Å². The van der Waals surface area contributed by atoms with Crippen molar-refractivity contribution < 1.29 is 14.3 Å². The van der Waals surface area contributed by atoms with Gasteiger partial charge >= 0.3 is 0 Å². The van der Waals surface area contributed by atoms with Crippen molar-refractivity contribution in [2.24, 2.45) is 0 Å². The molecule has 0 saturated carbocycles. The van der Waals surface area contributed by atoms with Gasteiger partial charge in [0.25, 0.3) is 11.8 Å². The van der Waals surface area contributed by atoms with E-state index in [4.69, 9.17) is 4.74 Å². The molecule has 1 heterocycles. The first-order chi connectivity index (χ1) is 18.0. The number of carbonyl (C=O) groups excluding carboxylic acids is 2. The van der Waals surface area contributed by atoms with E-state index in [-0.39, 0.29) is 17.6 Å². The number of fused-ring (bicyclic) bond motifs is 1. The highest BCUT2D eigenvalue weighted by Crippen LogP contribution is 2.36. The van der Waals surface area contributed by atoms with Gasteiger partial charge in [0.05, 0.1) is 12.2 Å². The number of para-hydroxylation sites is 2. The van der Waals surface area contributed by atoms with Crippen LogP contribution in [0.5, 0.6) is 5.75 Å². The van der Waals surface area contributed by atoms with Crippen molar-refractivity contribution in [3.05, 3.63) is 136 Å². The Morgan fingerprint density at radius 3 is 2.35 bits per heavy atom. The lowest BCUT2D eigenvalue weighted by molar-refractivity contribution is -0.117. The van der Waals surface area contributed by atoms with Crippen LogP contribution in [-0.2, 0) is 17.9 Å². The SMILES string of the molecule is Cc1ccc(CNC(=O)c2ccc(C=C3Oc4ccccc4N(Cc4cccc(C)c4)C3=O)cc2)cc1. The Hall–Kier alpha value is -4.64. The Morgan fingerprint density at radius 2 is 1.59 bits per heavy atom. The van der Waals surface area contributed by atoms with Gasteiger partial charge in [-0.15, -0.1) is 0 Å². The number of ether oxygens (including phenoxy) is 1. The van der Waals surface area contributed by atoms with Crippen molar-refractivity contribution in [3.8, 4) is 5.75 Å². The molecule has 5 heteroatoms. The van der Waals surface area contributed by atoms with E-state index in [9.17, 15) is 9.59 Å². The minimum absolute atomic E-state index is 0.150. The first kappa shape index (κ1) is 24.1. The number of hydrogen-bond acceptors (Lipinski definition) is 3. The number of amides is 2. The van der Waals surface area contributed by atoms with E-state index in [0.717, 1.165) is 27.9 Å². The fraction of sp³-hybridized carbons (Fsp3) is 0.125. The lowest BCUT2D eigenvalue weighted by Gasteiger charge is -2.30. The molecule has 0 aromatic heterocycles. The normalized spacial score (nSPS) is 13.7. The zero-order chi connectivity index (χ0) is 25.8. The second-order valence-corrected chi connectivity index (χ2v) is 9.25. The van der Waals surface area contributed by atoms with Crippen LogP contribution in [0.1, 0.15) is 38.2 Å². The van der Waals surface area contributed by atoms with Gasteiger partial charge in [-0.25, -0.2) is 0 Å². The molecular formula is C32H28N2O3. The van der Waals surface area contributed by atoms with Crippen LogP contribution in [0.2, 0.25) is 0 Å². The molecule has 0 radical (unpaired) electrons. The maximum absolute atomic E-state index is 13.5. The summed E-state index contributed by atoms with van der Waals surface area (Å²) >= 11 is 0. The summed E-state index contributed by atoms with van der Waals surface area (Å²) in [6, 6.07) is 30.9. The molecule has 0 fully saturated rings. The van der Waals surface area contributed by atoms with Gasteiger partial charge in [0.2, 0.25) is 0 Å². The maximum Gasteiger partial charge on any atom is 0.294 e. The van der Waals surface area contributed by atoms with Crippen LogP contribution in [0.4, 0.5) is 5.69 Å². The first-order valence-corrected chi connectivity index (χ1v) is 12.3. The molecule has 1 aliphatic rings. The van der Waals surface area contributed by atoms with Crippen molar-refractivity contribution in [2.75, 3.05) is 4.90 Å². The molecule has 4 aromatic carbocycles. The summed E-state index contributed by atoms with van der Waals surface area (Å²) < 4.78 is 6.00. The minimum atomic E-state index is -0.208. The molecule has 4 aromatic rings. The lowest BCUT2D eigenvalue weighted by Crippen LogP contribution is -2.36. The summed E-state index contributed by atoms with van der Waals surface area (Å²) in [7, 11) is 0. The van der Waals surface area contributed by atoms with E-state index in [2.05, 4.69) is 11.4 Å². The average molecular weight is 489 g/mol. The summed E-state index contributed by atoms with van der Waals surface area (Å²) in [6.45, 7) is 4.98. The number of hydrogen-bond donors (Lipinski definition) is 1. The number of rotatable bonds is 6. The molecule has 0 bridgehead atoms. The van der Waals surface area contributed by atoms with Gasteiger partial charge in [-0.3, -0.25) is 14.5 Å². The highest BCUT2D eigenvalue weighted by molar-refractivity contribution is 6.09. The topological polar surface area (TPSA) is 58.6 Å². The first-order valence-electron chi connectivity index (χ1n) is 12.3. The van der Waals surface area contributed by atoms with Crippen molar-refractivity contribution in [1.82, 2.24) is 5.32 Å². The smallest absolute Gasteiger partial charge is 0.294 e. The van der Waals surface area contributed by atoms with Gasteiger partial charge < -0.3 is 10.1 Å². The van der Waals surface area contributed by atoms with E-state index in [1.54, 1.807) is 23.1 Å². The van der Waals surface area contributed by atoms with E-state index >= 15 is 0 Å². The van der Waals surface area contributed by atoms with Gasteiger partial charge in [0.15, 0.2) is 11.5 Å². The number of aryl methyl sites for hydroxylation is 2. The summed E-state index contributed by atoms with van der Waals surface area (Å²) in [5.74, 6) is 0.513. The monoisotopic (exact) mass is 488 g/mol. The number of anilines is 1. The predicted molar refractivity (Wildman–Crippen MR) is 146 cm³/mol. The molecule has 5 nitrogen and oxygen atoms in total. The molecule has 0 unspecified atom stereocenters. The van der Waals surface area contributed by atoms with Gasteiger partial charge in [-0.2, -0.15) is 0 Å².